The van der Waals surface area contributed by atoms with Gasteiger partial charge >= 0.3 is 0 Å². The topological polar surface area (TPSA) is 96.0 Å². The van der Waals surface area contributed by atoms with E-state index in [1.165, 1.54) is 36.3 Å². The lowest BCUT2D eigenvalue weighted by Gasteiger charge is -2.34. The third-order valence-corrected chi connectivity index (χ3v) is 10.0. The second kappa shape index (κ2) is 14.5. The second-order valence-electron chi connectivity index (χ2n) is 10.7. The summed E-state index contributed by atoms with van der Waals surface area (Å²) >= 11 is 12.5. The molecule has 1 aliphatic rings. The Bertz CT molecular complexity index is 1530. The minimum absolute atomic E-state index is 0.0214. The average molecular weight is 647 g/mol. The average Bonchev–Trinajstić information content (AvgIpc) is 3.50. The fourth-order valence-electron chi connectivity index (χ4n) is 5.25. The number of carbonyl (C=O) groups is 2. The van der Waals surface area contributed by atoms with Crippen molar-refractivity contribution < 1.29 is 22.7 Å². The fourth-order valence-corrected chi connectivity index (χ4v) is 7.03. The first-order chi connectivity index (χ1) is 20.5. The zero-order valence-corrected chi connectivity index (χ0v) is 26.9. The lowest BCUT2D eigenvalue weighted by Crippen LogP contribution is -2.53. The van der Waals surface area contributed by atoms with Crippen molar-refractivity contribution in [3.05, 3.63) is 87.9 Å². The Morgan fingerprint density at radius 2 is 1.65 bits per heavy atom. The largest absolute Gasteiger partial charge is 0.495 e. The van der Waals surface area contributed by atoms with E-state index < -0.39 is 28.5 Å². The molecule has 3 aromatic carbocycles. The zero-order chi connectivity index (χ0) is 31.1. The number of nitrogens with one attached hydrogen (secondary N) is 1. The standard InChI is InChI=1S/C32H37Cl2N3O5S/c1-4-29(32(39)35-25-7-5-6-8-25)36(20-23-11-13-24(33)14-12-23)31(38)21-37(26-15-18-30(42-3)28(34)19-26)43(40,41)27-16-9-22(2)10-17-27/h9-19,25,29H,4-8,20-21H2,1-3H3,(H,35,39)/t29-/m0/s1. The van der Waals surface area contributed by atoms with Crippen LogP contribution in [0.3, 0.4) is 0 Å². The van der Waals surface area contributed by atoms with E-state index in [-0.39, 0.29) is 34.1 Å². The number of hydrogen-bond donors (Lipinski definition) is 1. The summed E-state index contributed by atoms with van der Waals surface area (Å²) in [6.45, 7) is 3.23. The first-order valence-corrected chi connectivity index (χ1v) is 16.5. The van der Waals surface area contributed by atoms with Crippen molar-refractivity contribution in [1.29, 1.82) is 0 Å². The van der Waals surface area contributed by atoms with Crippen LogP contribution in [0.15, 0.2) is 71.6 Å². The van der Waals surface area contributed by atoms with Crippen LogP contribution in [0.1, 0.15) is 50.2 Å². The molecule has 0 radical (unpaired) electrons. The van der Waals surface area contributed by atoms with Crippen LogP contribution >= 0.6 is 23.2 Å². The van der Waals surface area contributed by atoms with Crippen LogP contribution in [0.2, 0.25) is 10.0 Å². The molecule has 4 rings (SSSR count). The maximum Gasteiger partial charge on any atom is 0.264 e. The van der Waals surface area contributed by atoms with Gasteiger partial charge in [0.25, 0.3) is 10.0 Å². The van der Waals surface area contributed by atoms with Crippen LogP contribution in [-0.4, -0.2) is 50.9 Å². The van der Waals surface area contributed by atoms with E-state index in [4.69, 9.17) is 27.9 Å². The minimum atomic E-state index is -4.22. The number of benzene rings is 3. The Labute approximate surface area is 264 Å². The number of nitrogens with zero attached hydrogens (tertiary/aromatic N) is 2. The molecule has 1 N–H and O–H groups in total. The summed E-state index contributed by atoms with van der Waals surface area (Å²) in [5.74, 6) is -0.424. The SMILES string of the molecule is CC[C@@H](C(=O)NC1CCCC1)N(Cc1ccc(Cl)cc1)C(=O)CN(c1ccc(OC)c(Cl)c1)S(=O)(=O)c1ccc(C)cc1. The highest BCUT2D eigenvalue weighted by molar-refractivity contribution is 7.92. The Morgan fingerprint density at radius 1 is 1.00 bits per heavy atom. The van der Waals surface area contributed by atoms with Crippen LogP contribution < -0.4 is 14.4 Å². The molecule has 0 heterocycles. The zero-order valence-electron chi connectivity index (χ0n) is 24.6. The number of carbonyl (C=O) groups excluding carboxylic acids is 2. The molecule has 8 nitrogen and oxygen atoms in total. The number of amides is 2. The lowest BCUT2D eigenvalue weighted by molar-refractivity contribution is -0.140. The van der Waals surface area contributed by atoms with Crippen molar-refractivity contribution in [3.8, 4) is 5.75 Å². The van der Waals surface area contributed by atoms with E-state index in [0.717, 1.165) is 41.1 Å². The van der Waals surface area contributed by atoms with Gasteiger partial charge in [0, 0.05) is 17.6 Å². The van der Waals surface area contributed by atoms with Crippen molar-refractivity contribution in [2.24, 2.45) is 0 Å². The molecule has 1 aliphatic carbocycles. The molecule has 0 aliphatic heterocycles. The van der Waals surface area contributed by atoms with Gasteiger partial charge in [-0.3, -0.25) is 13.9 Å². The summed E-state index contributed by atoms with van der Waals surface area (Å²) < 4.78 is 34.4. The summed E-state index contributed by atoms with van der Waals surface area (Å²) in [6.07, 6.45) is 4.23. The molecule has 0 spiro atoms. The highest BCUT2D eigenvalue weighted by atomic mass is 35.5. The molecule has 2 amide bonds. The summed E-state index contributed by atoms with van der Waals surface area (Å²) in [6, 6.07) is 17.2. The number of anilines is 1. The highest BCUT2D eigenvalue weighted by Gasteiger charge is 2.34. The van der Waals surface area contributed by atoms with Gasteiger partial charge in [0.05, 0.1) is 22.7 Å². The molecule has 230 valence electrons. The monoisotopic (exact) mass is 645 g/mol. The Morgan fingerprint density at radius 3 is 2.23 bits per heavy atom. The van der Waals surface area contributed by atoms with Crippen molar-refractivity contribution in [3.63, 3.8) is 0 Å². The van der Waals surface area contributed by atoms with Gasteiger partial charge in [0.15, 0.2) is 0 Å². The van der Waals surface area contributed by atoms with Crippen molar-refractivity contribution in [1.82, 2.24) is 10.2 Å². The van der Waals surface area contributed by atoms with Gasteiger partial charge in [0.1, 0.15) is 18.3 Å². The second-order valence-corrected chi connectivity index (χ2v) is 13.4. The number of hydrogen-bond acceptors (Lipinski definition) is 5. The van der Waals surface area contributed by atoms with Gasteiger partial charge in [-0.2, -0.15) is 0 Å². The van der Waals surface area contributed by atoms with E-state index in [0.29, 0.717) is 17.2 Å². The quantitative estimate of drug-likeness (QED) is 0.247. The molecule has 43 heavy (non-hydrogen) atoms. The Kier molecular flexibility index (Phi) is 11.0. The van der Waals surface area contributed by atoms with Crippen molar-refractivity contribution >= 4 is 50.7 Å². The summed E-state index contributed by atoms with van der Waals surface area (Å²) in [4.78, 5) is 29.3. The van der Waals surface area contributed by atoms with E-state index in [9.17, 15) is 18.0 Å². The first kappa shape index (κ1) is 32.6. The van der Waals surface area contributed by atoms with Gasteiger partial charge < -0.3 is 15.0 Å². The molecular weight excluding hydrogens is 609 g/mol. The Hall–Kier alpha value is -3.27. The number of sulfonamides is 1. The molecule has 1 fully saturated rings. The van der Waals surface area contributed by atoms with Crippen LogP contribution in [0.5, 0.6) is 5.75 Å². The Balaban J connectivity index is 1.73. The van der Waals surface area contributed by atoms with Crippen molar-refractivity contribution in [2.75, 3.05) is 18.0 Å². The van der Waals surface area contributed by atoms with Gasteiger partial charge in [-0.25, -0.2) is 8.42 Å². The molecule has 0 unspecified atom stereocenters. The molecule has 0 saturated heterocycles. The summed E-state index contributed by atoms with van der Waals surface area (Å²) in [5.41, 5.74) is 1.84. The summed E-state index contributed by atoms with van der Waals surface area (Å²) in [5, 5.41) is 3.84. The molecule has 11 heteroatoms. The number of ether oxygens (including phenoxy) is 1. The van der Waals surface area contributed by atoms with E-state index >= 15 is 0 Å². The number of methoxy groups -OCH3 is 1. The third-order valence-electron chi connectivity index (χ3n) is 7.66. The van der Waals surface area contributed by atoms with Crippen molar-refractivity contribution in [2.45, 2.75) is 69.5 Å². The van der Waals surface area contributed by atoms with Gasteiger partial charge in [-0.1, -0.05) is 72.8 Å². The highest BCUT2D eigenvalue weighted by Crippen LogP contribution is 2.32. The van der Waals surface area contributed by atoms with Crippen LogP contribution in [-0.2, 0) is 26.2 Å². The minimum Gasteiger partial charge on any atom is -0.495 e. The first-order valence-electron chi connectivity index (χ1n) is 14.3. The molecule has 0 aromatic heterocycles. The smallest absolute Gasteiger partial charge is 0.264 e. The summed E-state index contributed by atoms with van der Waals surface area (Å²) in [7, 11) is -2.76. The molecule has 3 aromatic rings. The molecule has 1 saturated carbocycles. The number of rotatable bonds is 12. The van der Waals surface area contributed by atoms with E-state index in [1.54, 1.807) is 42.5 Å². The normalized spacial score (nSPS) is 14.3. The van der Waals surface area contributed by atoms with Gasteiger partial charge in [-0.15, -0.1) is 0 Å². The van der Waals surface area contributed by atoms with Gasteiger partial charge in [-0.05, 0) is 74.2 Å². The maximum atomic E-state index is 14.2. The van der Waals surface area contributed by atoms with Crippen LogP contribution in [0.4, 0.5) is 5.69 Å². The molecule has 1 atom stereocenters. The van der Waals surface area contributed by atoms with E-state index in [2.05, 4.69) is 5.32 Å². The predicted molar refractivity (Wildman–Crippen MR) is 170 cm³/mol. The maximum absolute atomic E-state index is 14.2. The van der Waals surface area contributed by atoms with Gasteiger partial charge in [0.2, 0.25) is 11.8 Å². The molecule has 0 bridgehead atoms. The van der Waals surface area contributed by atoms with Crippen LogP contribution in [0, 0.1) is 6.92 Å². The van der Waals surface area contributed by atoms with E-state index in [1.807, 2.05) is 13.8 Å². The van der Waals surface area contributed by atoms with Crippen LogP contribution in [0.25, 0.3) is 0 Å². The fraction of sp³-hybridized carbons (Fsp3) is 0.375. The number of halogens is 2. The predicted octanol–water partition coefficient (Wildman–Crippen LogP) is 6.37. The third kappa shape index (κ3) is 8.02. The lowest BCUT2D eigenvalue weighted by atomic mass is 10.1. The molecular formula is C32H37Cl2N3O5S. The number of aryl methyl sites for hydroxylation is 1.